The highest BCUT2D eigenvalue weighted by molar-refractivity contribution is 5.80. The average Bonchev–Trinajstić information content (AvgIpc) is 3.00. The van der Waals surface area contributed by atoms with Gasteiger partial charge in [-0.15, -0.1) is 0 Å². The molecule has 0 radical (unpaired) electrons. The van der Waals surface area contributed by atoms with E-state index in [1.165, 1.54) is 18.0 Å². The Kier molecular flexibility index (Phi) is 2.91. The molecular formula is C11H13F2N5O4. The van der Waals surface area contributed by atoms with Gasteiger partial charge in [-0.1, -0.05) is 0 Å². The standard InChI is InChI=1S/C11H13F2N5O4/c1-10-4-17(6(2-14)7-5(10)3-15-16-7)9(21)18(10)22-11(12,13)8(19)20/h3,6H,2,4,14H2,1H3,(H,15,16)(H,19,20). The summed E-state index contributed by atoms with van der Waals surface area (Å²) < 4.78 is 26.8. The van der Waals surface area contributed by atoms with Crippen molar-refractivity contribution in [1.82, 2.24) is 20.2 Å². The number of nitrogens with one attached hydrogen (secondary N) is 1. The number of urea groups is 1. The quantitative estimate of drug-likeness (QED) is 0.717. The molecule has 2 bridgehead atoms. The number of carboxylic acid groups (broad SMARTS) is 1. The van der Waals surface area contributed by atoms with Gasteiger partial charge in [0.15, 0.2) is 0 Å². The molecule has 120 valence electrons. The second-order valence-electron chi connectivity index (χ2n) is 5.34. The van der Waals surface area contributed by atoms with Crippen molar-refractivity contribution < 1.29 is 28.3 Å². The monoisotopic (exact) mass is 317 g/mol. The van der Waals surface area contributed by atoms with Crippen molar-refractivity contribution in [2.75, 3.05) is 13.1 Å². The summed E-state index contributed by atoms with van der Waals surface area (Å²) in [5.74, 6) is -2.48. The predicted octanol–water partition coefficient (Wildman–Crippen LogP) is -0.0151. The SMILES string of the molecule is CC12CN(C(=O)N1OC(F)(F)C(=O)O)C(CN)c1[nH]ncc12. The number of hydrogen-bond donors (Lipinski definition) is 3. The zero-order valence-corrected chi connectivity index (χ0v) is 11.4. The minimum Gasteiger partial charge on any atom is -0.475 e. The van der Waals surface area contributed by atoms with Crippen LogP contribution in [0.5, 0.6) is 0 Å². The molecule has 1 saturated heterocycles. The fraction of sp³-hybridized carbons (Fsp3) is 0.545. The van der Waals surface area contributed by atoms with Gasteiger partial charge in [0.05, 0.1) is 24.5 Å². The lowest BCUT2D eigenvalue weighted by Gasteiger charge is -2.36. The number of nitrogens with zero attached hydrogens (tertiary/aromatic N) is 3. The van der Waals surface area contributed by atoms with Crippen LogP contribution in [0.1, 0.15) is 24.2 Å². The normalized spacial score (nSPS) is 27.3. The number of aliphatic carboxylic acids is 1. The van der Waals surface area contributed by atoms with Crippen LogP contribution in [0.3, 0.4) is 0 Å². The third-order valence-corrected chi connectivity index (χ3v) is 3.98. The van der Waals surface area contributed by atoms with Crippen molar-refractivity contribution in [3.63, 3.8) is 0 Å². The van der Waals surface area contributed by atoms with Crippen LogP contribution < -0.4 is 5.73 Å². The van der Waals surface area contributed by atoms with E-state index in [2.05, 4.69) is 15.0 Å². The number of hydrogen-bond acceptors (Lipinski definition) is 5. The van der Waals surface area contributed by atoms with Crippen LogP contribution in [0, 0.1) is 0 Å². The number of carbonyl (C=O) groups is 2. The predicted molar refractivity (Wildman–Crippen MR) is 65.3 cm³/mol. The maximum absolute atomic E-state index is 13.4. The molecule has 2 atom stereocenters. The number of hydroxylamine groups is 2. The third kappa shape index (κ3) is 1.72. The van der Waals surface area contributed by atoms with Gasteiger partial charge in [0, 0.05) is 12.1 Å². The molecule has 3 rings (SSSR count). The van der Waals surface area contributed by atoms with Gasteiger partial charge in [-0.25, -0.2) is 9.59 Å². The van der Waals surface area contributed by atoms with Crippen molar-refractivity contribution in [3.8, 4) is 0 Å². The summed E-state index contributed by atoms with van der Waals surface area (Å²) in [5, 5.41) is 15.4. The summed E-state index contributed by atoms with van der Waals surface area (Å²) >= 11 is 0. The first-order valence-electron chi connectivity index (χ1n) is 6.37. The Bertz CT molecular complexity index is 650. The number of aromatic nitrogens is 2. The molecule has 2 aliphatic rings. The first kappa shape index (κ1) is 14.7. The molecule has 1 aromatic heterocycles. The lowest BCUT2D eigenvalue weighted by molar-refractivity contribution is -0.339. The molecule has 0 aliphatic carbocycles. The van der Waals surface area contributed by atoms with Gasteiger partial charge in [0.1, 0.15) is 5.54 Å². The molecular weight excluding hydrogens is 304 g/mol. The van der Waals surface area contributed by atoms with Crippen molar-refractivity contribution in [3.05, 3.63) is 17.5 Å². The minimum absolute atomic E-state index is 0.0376. The number of rotatable bonds is 4. The molecule has 2 amide bonds. The summed E-state index contributed by atoms with van der Waals surface area (Å²) in [6.45, 7) is 1.58. The van der Waals surface area contributed by atoms with Crippen LogP contribution in [0.15, 0.2) is 6.20 Å². The number of aromatic amines is 1. The minimum atomic E-state index is -4.53. The van der Waals surface area contributed by atoms with Crippen LogP contribution in [-0.2, 0) is 15.2 Å². The van der Waals surface area contributed by atoms with Gasteiger partial charge in [-0.05, 0) is 6.92 Å². The molecule has 3 heterocycles. The number of halogens is 2. The van der Waals surface area contributed by atoms with E-state index >= 15 is 0 Å². The Hall–Kier alpha value is -2.27. The lowest BCUT2D eigenvalue weighted by atomic mass is 9.87. The lowest BCUT2D eigenvalue weighted by Crippen LogP contribution is -2.48. The average molecular weight is 317 g/mol. The van der Waals surface area contributed by atoms with Crippen LogP contribution in [0.2, 0.25) is 0 Å². The summed E-state index contributed by atoms with van der Waals surface area (Å²) in [7, 11) is 0. The molecule has 0 spiro atoms. The highest BCUT2D eigenvalue weighted by Crippen LogP contribution is 2.47. The van der Waals surface area contributed by atoms with Crippen LogP contribution in [0.25, 0.3) is 0 Å². The van der Waals surface area contributed by atoms with Gasteiger partial charge >= 0.3 is 18.1 Å². The first-order chi connectivity index (χ1) is 10.2. The molecule has 2 aliphatic heterocycles. The van der Waals surface area contributed by atoms with Gasteiger partial charge in [0.2, 0.25) is 0 Å². The highest BCUT2D eigenvalue weighted by atomic mass is 19.3. The van der Waals surface area contributed by atoms with Crippen LogP contribution >= 0.6 is 0 Å². The Balaban J connectivity index is 2.05. The van der Waals surface area contributed by atoms with Gasteiger partial charge < -0.3 is 15.7 Å². The first-order valence-corrected chi connectivity index (χ1v) is 6.37. The van der Waals surface area contributed by atoms with E-state index in [0.29, 0.717) is 16.3 Å². The van der Waals surface area contributed by atoms with Gasteiger partial charge in [-0.2, -0.15) is 23.8 Å². The fourth-order valence-electron chi connectivity index (χ4n) is 2.90. The molecule has 11 heteroatoms. The second kappa shape index (κ2) is 4.36. The maximum atomic E-state index is 13.4. The van der Waals surface area contributed by atoms with Gasteiger partial charge in [-0.3, -0.25) is 5.10 Å². The second-order valence-corrected chi connectivity index (χ2v) is 5.34. The number of amides is 2. The highest BCUT2D eigenvalue weighted by Gasteiger charge is 2.60. The summed E-state index contributed by atoms with van der Waals surface area (Å²) in [4.78, 5) is 28.4. The topological polar surface area (TPSA) is 125 Å². The van der Waals surface area contributed by atoms with E-state index in [4.69, 9.17) is 10.8 Å². The number of alkyl halides is 2. The molecule has 1 fully saturated rings. The van der Waals surface area contributed by atoms with Crippen molar-refractivity contribution in [2.45, 2.75) is 24.6 Å². The maximum Gasteiger partial charge on any atom is 0.476 e. The molecule has 0 aromatic carbocycles. The van der Waals surface area contributed by atoms with E-state index in [-0.39, 0.29) is 13.1 Å². The summed E-state index contributed by atoms with van der Waals surface area (Å²) in [6, 6.07) is -1.44. The number of H-pyrrole nitrogens is 1. The Morgan fingerprint density at radius 2 is 2.41 bits per heavy atom. The van der Waals surface area contributed by atoms with Crippen LogP contribution in [0.4, 0.5) is 13.6 Å². The van der Waals surface area contributed by atoms with Crippen molar-refractivity contribution in [2.24, 2.45) is 5.73 Å². The van der Waals surface area contributed by atoms with E-state index in [0.717, 1.165) is 0 Å². The summed E-state index contributed by atoms with van der Waals surface area (Å²) in [5.41, 5.74) is 5.34. The fourth-order valence-corrected chi connectivity index (χ4v) is 2.90. The third-order valence-electron chi connectivity index (χ3n) is 3.98. The zero-order chi connectivity index (χ0) is 16.3. The van der Waals surface area contributed by atoms with Crippen LogP contribution in [-0.4, -0.2) is 56.5 Å². The van der Waals surface area contributed by atoms with E-state index in [1.54, 1.807) is 0 Å². The van der Waals surface area contributed by atoms with E-state index in [9.17, 15) is 18.4 Å². The van der Waals surface area contributed by atoms with E-state index in [1.807, 2.05) is 0 Å². The molecule has 9 nitrogen and oxygen atoms in total. The zero-order valence-electron chi connectivity index (χ0n) is 11.4. The number of fused-ring (bicyclic) bond motifs is 4. The number of carbonyl (C=O) groups excluding carboxylic acids is 1. The molecule has 1 aromatic rings. The largest absolute Gasteiger partial charge is 0.476 e. The smallest absolute Gasteiger partial charge is 0.475 e. The molecule has 0 saturated carbocycles. The van der Waals surface area contributed by atoms with Gasteiger partial charge in [0.25, 0.3) is 0 Å². The Morgan fingerprint density at radius 3 is 3.00 bits per heavy atom. The van der Waals surface area contributed by atoms with Crippen molar-refractivity contribution >= 4 is 12.0 Å². The summed E-state index contributed by atoms with van der Waals surface area (Å²) in [6.07, 6.45) is -3.14. The van der Waals surface area contributed by atoms with Crippen molar-refractivity contribution in [1.29, 1.82) is 0 Å². The molecule has 22 heavy (non-hydrogen) atoms. The Morgan fingerprint density at radius 1 is 1.73 bits per heavy atom. The number of nitrogens with two attached hydrogens (primary N) is 1. The van der Waals surface area contributed by atoms with E-state index < -0.39 is 29.7 Å². The number of carboxylic acids is 1. The Labute approximate surface area is 122 Å². The molecule has 2 unspecified atom stereocenters. The molecule has 4 N–H and O–H groups in total.